The number of carbonyl (C=O) groups is 2. The van der Waals surface area contributed by atoms with Crippen molar-refractivity contribution in [2.24, 2.45) is 5.73 Å². The van der Waals surface area contributed by atoms with Crippen molar-refractivity contribution in [1.29, 1.82) is 0 Å². The second-order valence-corrected chi connectivity index (χ2v) is 7.17. The van der Waals surface area contributed by atoms with Gasteiger partial charge in [-0.2, -0.15) is 0 Å². The van der Waals surface area contributed by atoms with Gasteiger partial charge in [-0.15, -0.1) is 0 Å². The van der Waals surface area contributed by atoms with Gasteiger partial charge >= 0.3 is 12.2 Å². The van der Waals surface area contributed by atoms with E-state index in [1.165, 1.54) is 4.90 Å². The van der Waals surface area contributed by atoms with Crippen LogP contribution in [0.5, 0.6) is 0 Å². The molecule has 0 spiro atoms. The lowest BCUT2D eigenvalue weighted by molar-refractivity contribution is 0.00789. The van der Waals surface area contributed by atoms with E-state index < -0.39 is 24.0 Å². The second kappa shape index (κ2) is 8.20. The summed E-state index contributed by atoms with van der Waals surface area (Å²) in [6.07, 6.45) is -0.340. The van der Waals surface area contributed by atoms with E-state index in [2.05, 4.69) is 5.32 Å². The SMILES string of the molecule is CC(C)(C)OC(=O)N1CCC(NC(=O)OCc2ccccc2)CC1N. The zero-order valence-electron chi connectivity index (χ0n) is 15.0. The molecule has 3 N–H and O–H groups in total. The summed E-state index contributed by atoms with van der Waals surface area (Å²) in [7, 11) is 0. The zero-order valence-corrected chi connectivity index (χ0v) is 15.0. The summed E-state index contributed by atoms with van der Waals surface area (Å²) in [6.45, 7) is 6.09. The van der Waals surface area contributed by atoms with Crippen LogP contribution >= 0.6 is 0 Å². The zero-order chi connectivity index (χ0) is 18.4. The quantitative estimate of drug-likeness (QED) is 0.875. The Kier molecular flexibility index (Phi) is 6.25. The summed E-state index contributed by atoms with van der Waals surface area (Å²) in [5, 5.41) is 2.81. The third-order valence-corrected chi connectivity index (χ3v) is 3.81. The van der Waals surface area contributed by atoms with Crippen molar-refractivity contribution in [2.75, 3.05) is 6.54 Å². The van der Waals surface area contributed by atoms with E-state index in [1.54, 1.807) is 0 Å². The molecule has 1 aromatic carbocycles. The summed E-state index contributed by atoms with van der Waals surface area (Å²) in [5.74, 6) is 0. The van der Waals surface area contributed by atoms with Crippen molar-refractivity contribution in [2.45, 2.75) is 58.0 Å². The van der Waals surface area contributed by atoms with Gasteiger partial charge in [0.05, 0.1) is 6.17 Å². The van der Waals surface area contributed by atoms with Crippen LogP contribution in [0.15, 0.2) is 30.3 Å². The number of ether oxygens (including phenoxy) is 2. The summed E-state index contributed by atoms with van der Waals surface area (Å²) >= 11 is 0. The molecule has 2 rings (SSSR count). The number of likely N-dealkylation sites (tertiary alicyclic amines) is 1. The highest BCUT2D eigenvalue weighted by Gasteiger charge is 2.32. The van der Waals surface area contributed by atoms with Gasteiger partial charge in [0.1, 0.15) is 12.2 Å². The fourth-order valence-electron chi connectivity index (χ4n) is 2.61. The molecule has 25 heavy (non-hydrogen) atoms. The maximum atomic E-state index is 12.1. The maximum Gasteiger partial charge on any atom is 0.411 e. The predicted octanol–water partition coefficient (Wildman–Crippen LogP) is 2.60. The number of carbonyl (C=O) groups excluding carboxylic acids is 2. The van der Waals surface area contributed by atoms with Gasteiger partial charge in [0.25, 0.3) is 0 Å². The number of hydrogen-bond donors (Lipinski definition) is 2. The lowest BCUT2D eigenvalue weighted by atomic mass is 10.0. The molecule has 138 valence electrons. The highest BCUT2D eigenvalue weighted by Crippen LogP contribution is 2.18. The topological polar surface area (TPSA) is 93.9 Å². The summed E-state index contributed by atoms with van der Waals surface area (Å²) < 4.78 is 10.6. The van der Waals surface area contributed by atoms with Crippen molar-refractivity contribution in [1.82, 2.24) is 10.2 Å². The van der Waals surface area contributed by atoms with E-state index in [1.807, 2.05) is 51.1 Å². The van der Waals surface area contributed by atoms with Crippen LogP contribution in [0.25, 0.3) is 0 Å². The Balaban J connectivity index is 1.76. The number of benzene rings is 1. The minimum atomic E-state index is -0.562. The Morgan fingerprint density at radius 3 is 2.56 bits per heavy atom. The first-order chi connectivity index (χ1) is 11.7. The van der Waals surface area contributed by atoms with Crippen molar-refractivity contribution >= 4 is 12.2 Å². The Morgan fingerprint density at radius 2 is 1.96 bits per heavy atom. The Hall–Kier alpha value is -2.28. The van der Waals surface area contributed by atoms with E-state index in [9.17, 15) is 9.59 Å². The third kappa shape index (κ3) is 6.26. The molecule has 0 radical (unpaired) electrons. The number of nitrogens with one attached hydrogen (secondary N) is 1. The van der Waals surface area contributed by atoms with Crippen molar-refractivity contribution in [3.05, 3.63) is 35.9 Å². The van der Waals surface area contributed by atoms with E-state index in [0.29, 0.717) is 19.4 Å². The first-order valence-corrected chi connectivity index (χ1v) is 8.47. The van der Waals surface area contributed by atoms with E-state index in [4.69, 9.17) is 15.2 Å². The molecule has 1 aromatic rings. The first kappa shape index (κ1) is 19.1. The largest absolute Gasteiger partial charge is 0.445 e. The minimum Gasteiger partial charge on any atom is -0.445 e. The van der Waals surface area contributed by atoms with Crippen LogP contribution in [0.4, 0.5) is 9.59 Å². The smallest absolute Gasteiger partial charge is 0.411 e. The molecule has 1 aliphatic rings. The van der Waals surface area contributed by atoms with Gasteiger partial charge in [0.15, 0.2) is 0 Å². The highest BCUT2D eigenvalue weighted by atomic mass is 16.6. The number of amides is 2. The van der Waals surface area contributed by atoms with Crippen molar-refractivity contribution < 1.29 is 19.1 Å². The van der Waals surface area contributed by atoms with Crippen molar-refractivity contribution in [3.63, 3.8) is 0 Å². The lowest BCUT2D eigenvalue weighted by Gasteiger charge is -2.38. The first-order valence-electron chi connectivity index (χ1n) is 8.47. The Labute approximate surface area is 148 Å². The second-order valence-electron chi connectivity index (χ2n) is 7.17. The fraction of sp³-hybridized carbons (Fsp3) is 0.556. The van der Waals surface area contributed by atoms with Gasteiger partial charge in [-0.05, 0) is 32.8 Å². The molecule has 0 aliphatic carbocycles. The highest BCUT2D eigenvalue weighted by molar-refractivity contribution is 5.69. The number of rotatable bonds is 3. The summed E-state index contributed by atoms with van der Waals surface area (Å²) in [4.78, 5) is 25.5. The molecule has 1 saturated heterocycles. The molecule has 7 nitrogen and oxygen atoms in total. The average molecular weight is 349 g/mol. The van der Waals surface area contributed by atoms with Crippen LogP contribution in [-0.2, 0) is 16.1 Å². The number of alkyl carbamates (subject to hydrolysis) is 1. The fourth-order valence-corrected chi connectivity index (χ4v) is 2.61. The van der Waals surface area contributed by atoms with Gasteiger partial charge in [-0.1, -0.05) is 30.3 Å². The molecule has 2 atom stereocenters. The maximum absolute atomic E-state index is 12.1. The van der Waals surface area contributed by atoms with Gasteiger partial charge in [-0.25, -0.2) is 9.59 Å². The molecule has 1 fully saturated rings. The van der Waals surface area contributed by atoms with Crippen LogP contribution in [0.3, 0.4) is 0 Å². The summed E-state index contributed by atoms with van der Waals surface area (Å²) in [6, 6.07) is 9.34. The molecule has 0 aromatic heterocycles. The minimum absolute atomic E-state index is 0.128. The molecular weight excluding hydrogens is 322 g/mol. The van der Waals surface area contributed by atoms with Crippen LogP contribution in [-0.4, -0.2) is 41.4 Å². The molecule has 7 heteroatoms. The third-order valence-electron chi connectivity index (χ3n) is 3.81. The molecule has 1 heterocycles. The van der Waals surface area contributed by atoms with Gasteiger partial charge in [0, 0.05) is 19.0 Å². The molecular formula is C18H27N3O4. The normalized spacial score (nSPS) is 20.7. The number of nitrogens with zero attached hydrogens (tertiary/aromatic N) is 1. The van der Waals surface area contributed by atoms with Gasteiger partial charge in [0.2, 0.25) is 0 Å². The Bertz CT molecular complexity index is 586. The number of piperidine rings is 1. The van der Waals surface area contributed by atoms with Gasteiger partial charge < -0.3 is 20.5 Å². The van der Waals surface area contributed by atoms with E-state index in [0.717, 1.165) is 5.56 Å². The van der Waals surface area contributed by atoms with Crippen molar-refractivity contribution in [3.8, 4) is 0 Å². The van der Waals surface area contributed by atoms with E-state index in [-0.39, 0.29) is 12.6 Å². The number of hydrogen-bond acceptors (Lipinski definition) is 5. The standard InChI is InChI=1S/C18H27N3O4/c1-18(2,3)25-17(23)21-10-9-14(11-15(21)19)20-16(22)24-12-13-7-5-4-6-8-13/h4-8,14-15H,9-12,19H2,1-3H3,(H,20,22). The molecule has 0 bridgehead atoms. The monoisotopic (exact) mass is 349 g/mol. The predicted molar refractivity (Wildman–Crippen MR) is 93.7 cm³/mol. The van der Waals surface area contributed by atoms with E-state index >= 15 is 0 Å². The van der Waals surface area contributed by atoms with Gasteiger partial charge in [-0.3, -0.25) is 4.90 Å². The summed E-state index contributed by atoms with van der Waals surface area (Å²) in [5.41, 5.74) is 6.43. The molecule has 0 saturated carbocycles. The van der Waals surface area contributed by atoms with Crippen LogP contribution in [0.2, 0.25) is 0 Å². The number of nitrogens with two attached hydrogens (primary N) is 1. The molecule has 1 aliphatic heterocycles. The molecule has 2 amide bonds. The average Bonchev–Trinajstić information content (AvgIpc) is 2.52. The van der Waals surface area contributed by atoms with Crippen LogP contribution in [0.1, 0.15) is 39.2 Å². The van der Waals surface area contributed by atoms with Crippen LogP contribution in [0, 0.1) is 0 Å². The molecule has 2 unspecified atom stereocenters. The lowest BCUT2D eigenvalue weighted by Crippen LogP contribution is -2.56. The Morgan fingerprint density at radius 1 is 1.28 bits per heavy atom. The van der Waals surface area contributed by atoms with Crippen LogP contribution < -0.4 is 11.1 Å².